The molecule has 140 valence electrons. The molecule has 0 radical (unpaired) electrons. The molecule has 0 aliphatic carbocycles. The number of carbonyl (C=O) groups is 1. The lowest BCUT2D eigenvalue weighted by Crippen LogP contribution is -2.32. The van der Waals surface area contributed by atoms with Gasteiger partial charge in [0.05, 0.1) is 7.11 Å². The van der Waals surface area contributed by atoms with Crippen LogP contribution in [0.25, 0.3) is 0 Å². The van der Waals surface area contributed by atoms with Gasteiger partial charge >= 0.3 is 5.97 Å². The molecule has 1 aliphatic rings. The smallest absolute Gasteiger partial charge is 0.356 e. The average molecular weight is 398 g/mol. The van der Waals surface area contributed by atoms with Crippen LogP contribution in [0.1, 0.15) is 22.0 Å². The largest absolute Gasteiger partial charge is 0.464 e. The number of hydrogen-bond acceptors (Lipinski definition) is 6. The highest BCUT2D eigenvalue weighted by Crippen LogP contribution is 2.30. The molecule has 0 amide bonds. The number of ether oxygens (including phenoxy) is 1. The summed E-state index contributed by atoms with van der Waals surface area (Å²) in [4.78, 5) is 15.3. The number of aromatic nitrogens is 1. The first-order valence-corrected chi connectivity index (χ1v) is 9.22. The average Bonchev–Trinajstić information content (AvgIpc) is 3.04. The van der Waals surface area contributed by atoms with Gasteiger partial charge in [0, 0.05) is 31.2 Å². The van der Waals surface area contributed by atoms with Gasteiger partial charge in [-0.05, 0) is 17.7 Å². The van der Waals surface area contributed by atoms with Gasteiger partial charge in [0.15, 0.2) is 0 Å². The highest BCUT2D eigenvalue weighted by molar-refractivity contribution is 7.89. The van der Waals surface area contributed by atoms with Gasteiger partial charge in [-0.25, -0.2) is 18.2 Å². The van der Waals surface area contributed by atoms with E-state index in [0.717, 1.165) is 5.56 Å². The molecule has 1 aromatic heterocycles. The molecule has 0 spiro atoms. The van der Waals surface area contributed by atoms with Crippen molar-refractivity contribution in [3.8, 4) is 0 Å². The van der Waals surface area contributed by atoms with Crippen LogP contribution >= 0.6 is 12.4 Å². The number of methoxy groups -OCH3 is 1. The number of benzene rings is 1. The molecule has 0 saturated carbocycles. The maximum atomic E-state index is 12.8. The van der Waals surface area contributed by atoms with Gasteiger partial charge < -0.3 is 10.5 Å². The summed E-state index contributed by atoms with van der Waals surface area (Å²) in [6, 6.07) is 12.1. The fourth-order valence-electron chi connectivity index (χ4n) is 2.95. The number of hydrogen-bond donors (Lipinski definition) is 1. The van der Waals surface area contributed by atoms with Gasteiger partial charge in [0.1, 0.15) is 10.6 Å². The third kappa shape index (κ3) is 3.88. The Hall–Kier alpha value is -2.00. The van der Waals surface area contributed by atoms with Crippen LogP contribution in [0.3, 0.4) is 0 Å². The Labute approximate surface area is 158 Å². The summed E-state index contributed by atoms with van der Waals surface area (Å²) < 4.78 is 31.6. The summed E-state index contributed by atoms with van der Waals surface area (Å²) in [5.74, 6) is -0.672. The van der Waals surface area contributed by atoms with E-state index in [2.05, 4.69) is 9.72 Å². The third-order valence-electron chi connectivity index (χ3n) is 4.33. The Morgan fingerprint density at radius 3 is 2.46 bits per heavy atom. The molecular weight excluding hydrogens is 378 g/mol. The lowest BCUT2D eigenvalue weighted by molar-refractivity contribution is 0.0594. The highest BCUT2D eigenvalue weighted by Gasteiger charge is 2.38. The molecule has 7 nitrogen and oxygen atoms in total. The van der Waals surface area contributed by atoms with E-state index in [0.29, 0.717) is 6.54 Å². The first kappa shape index (κ1) is 20.3. The highest BCUT2D eigenvalue weighted by atomic mass is 35.5. The lowest BCUT2D eigenvalue weighted by atomic mass is 9.95. The van der Waals surface area contributed by atoms with Crippen molar-refractivity contribution in [1.82, 2.24) is 9.29 Å². The summed E-state index contributed by atoms with van der Waals surface area (Å²) >= 11 is 0. The fraction of sp³-hybridized carbons (Fsp3) is 0.294. The van der Waals surface area contributed by atoms with Gasteiger partial charge in [0.25, 0.3) is 0 Å². The van der Waals surface area contributed by atoms with Crippen LogP contribution in [0, 0.1) is 0 Å². The summed E-state index contributed by atoms with van der Waals surface area (Å²) in [5.41, 5.74) is 7.25. The lowest BCUT2D eigenvalue weighted by Gasteiger charge is -2.16. The third-order valence-corrected chi connectivity index (χ3v) is 6.14. The summed E-state index contributed by atoms with van der Waals surface area (Å²) in [7, 11) is -2.48. The van der Waals surface area contributed by atoms with Crippen LogP contribution in [-0.4, -0.2) is 49.9 Å². The normalized spacial score (nSPS) is 20.4. The van der Waals surface area contributed by atoms with Gasteiger partial charge in [-0.1, -0.05) is 30.3 Å². The van der Waals surface area contributed by atoms with E-state index in [4.69, 9.17) is 5.73 Å². The molecule has 2 N–H and O–H groups in total. The van der Waals surface area contributed by atoms with Crippen LogP contribution < -0.4 is 5.73 Å². The first-order chi connectivity index (χ1) is 11.9. The van der Waals surface area contributed by atoms with Crippen LogP contribution in [0.15, 0.2) is 53.6 Å². The van der Waals surface area contributed by atoms with Crippen molar-refractivity contribution in [2.75, 3.05) is 20.2 Å². The van der Waals surface area contributed by atoms with E-state index in [9.17, 15) is 13.2 Å². The molecule has 0 unspecified atom stereocenters. The second kappa shape index (κ2) is 8.13. The van der Waals surface area contributed by atoms with Gasteiger partial charge in [-0.15, -0.1) is 12.4 Å². The zero-order chi connectivity index (χ0) is 18.0. The molecule has 0 bridgehead atoms. The molecule has 2 aromatic rings. The number of carbonyl (C=O) groups excluding carboxylic acids is 1. The number of nitrogens with zero attached hydrogens (tertiary/aromatic N) is 2. The minimum atomic E-state index is -3.72. The Balaban J connectivity index is 0.00000243. The van der Waals surface area contributed by atoms with E-state index >= 15 is 0 Å². The number of sulfonamides is 1. The number of rotatable bonds is 4. The molecule has 3 rings (SSSR count). The van der Waals surface area contributed by atoms with Gasteiger partial charge in [0.2, 0.25) is 10.0 Å². The summed E-state index contributed by atoms with van der Waals surface area (Å²) in [6.45, 7) is 0.549. The topological polar surface area (TPSA) is 103 Å². The Bertz CT molecular complexity index is 859. The van der Waals surface area contributed by atoms with E-state index in [1.54, 1.807) is 0 Å². The maximum Gasteiger partial charge on any atom is 0.356 e. The zero-order valence-electron chi connectivity index (χ0n) is 14.1. The Kier molecular flexibility index (Phi) is 6.35. The Morgan fingerprint density at radius 1 is 1.19 bits per heavy atom. The minimum absolute atomic E-state index is 0. The number of esters is 1. The van der Waals surface area contributed by atoms with Crippen LogP contribution in [0.4, 0.5) is 0 Å². The van der Waals surface area contributed by atoms with E-state index in [1.807, 2.05) is 30.3 Å². The number of nitrogens with two attached hydrogens (primary N) is 1. The van der Waals surface area contributed by atoms with E-state index < -0.39 is 16.0 Å². The standard InChI is InChI=1S/C17H19N3O4S.ClH/c1-24-17(21)16-8-7-13(9-19-16)25(22,23)20-10-14(15(18)11-20)12-5-3-2-4-6-12;/h2-9,14-15H,10-11,18H2,1H3;1H/t14-,15+;/m0./s1. The predicted octanol–water partition coefficient (Wildman–Crippen LogP) is 1.41. The molecule has 2 heterocycles. The first-order valence-electron chi connectivity index (χ1n) is 7.78. The van der Waals surface area contributed by atoms with Crippen molar-refractivity contribution in [2.24, 2.45) is 5.73 Å². The van der Waals surface area contributed by atoms with Crippen molar-refractivity contribution in [3.05, 3.63) is 59.9 Å². The second-order valence-corrected chi connectivity index (χ2v) is 7.81. The second-order valence-electron chi connectivity index (χ2n) is 5.87. The van der Waals surface area contributed by atoms with Gasteiger partial charge in [-0.3, -0.25) is 0 Å². The molecule has 9 heteroatoms. The van der Waals surface area contributed by atoms with Gasteiger partial charge in [-0.2, -0.15) is 4.31 Å². The van der Waals surface area contributed by atoms with Crippen LogP contribution in [0.5, 0.6) is 0 Å². The van der Waals surface area contributed by atoms with Crippen LogP contribution in [0.2, 0.25) is 0 Å². The quantitative estimate of drug-likeness (QED) is 0.782. The van der Waals surface area contributed by atoms with E-state index in [1.165, 1.54) is 29.7 Å². The fourth-order valence-corrected chi connectivity index (χ4v) is 4.40. The predicted molar refractivity (Wildman–Crippen MR) is 98.7 cm³/mol. The van der Waals surface area contributed by atoms with Crippen molar-refractivity contribution in [1.29, 1.82) is 0 Å². The molecule has 1 aliphatic heterocycles. The van der Waals surface area contributed by atoms with Crippen molar-refractivity contribution in [2.45, 2.75) is 16.9 Å². The van der Waals surface area contributed by atoms with Crippen molar-refractivity contribution in [3.63, 3.8) is 0 Å². The molecule has 2 atom stereocenters. The molecule has 1 saturated heterocycles. The Morgan fingerprint density at radius 2 is 1.88 bits per heavy atom. The maximum absolute atomic E-state index is 12.8. The zero-order valence-corrected chi connectivity index (χ0v) is 15.7. The van der Waals surface area contributed by atoms with E-state index in [-0.39, 0.29) is 41.5 Å². The minimum Gasteiger partial charge on any atom is -0.464 e. The van der Waals surface area contributed by atoms with Crippen LogP contribution in [-0.2, 0) is 14.8 Å². The molecule has 1 aromatic carbocycles. The van der Waals surface area contributed by atoms with Crippen molar-refractivity contribution >= 4 is 28.4 Å². The molecule has 26 heavy (non-hydrogen) atoms. The monoisotopic (exact) mass is 397 g/mol. The molecular formula is C17H20ClN3O4S. The SMILES string of the molecule is COC(=O)c1ccc(S(=O)(=O)N2C[C@@H](N)[C@H](c3ccccc3)C2)cn1.Cl. The number of halogens is 1. The van der Waals surface area contributed by atoms with Crippen molar-refractivity contribution < 1.29 is 17.9 Å². The molecule has 1 fully saturated rings. The summed E-state index contributed by atoms with van der Waals surface area (Å²) in [5, 5.41) is 0. The number of pyridine rings is 1. The summed E-state index contributed by atoms with van der Waals surface area (Å²) in [6.07, 6.45) is 1.17.